The first-order valence-electron chi connectivity index (χ1n) is 6.23. The fourth-order valence-electron chi connectivity index (χ4n) is 1.73. The molecule has 0 saturated carbocycles. The van der Waals surface area contributed by atoms with Crippen molar-refractivity contribution in [3.8, 4) is 0 Å². The summed E-state index contributed by atoms with van der Waals surface area (Å²) in [6, 6.07) is 7.48. The molecule has 0 bridgehead atoms. The van der Waals surface area contributed by atoms with Gasteiger partial charge in [-0.15, -0.1) is 24.2 Å². The second-order valence-corrected chi connectivity index (χ2v) is 5.78. The van der Waals surface area contributed by atoms with Crippen LogP contribution in [0.15, 0.2) is 29.2 Å². The van der Waals surface area contributed by atoms with E-state index in [9.17, 15) is 4.79 Å². The van der Waals surface area contributed by atoms with Crippen LogP contribution in [0.3, 0.4) is 0 Å². The molecule has 1 aromatic rings. The number of halogens is 2. The van der Waals surface area contributed by atoms with Gasteiger partial charge in [0.1, 0.15) is 6.04 Å². The fourth-order valence-corrected chi connectivity index (χ4v) is 2.63. The van der Waals surface area contributed by atoms with E-state index in [4.69, 9.17) is 16.3 Å². The van der Waals surface area contributed by atoms with E-state index >= 15 is 0 Å². The number of rotatable bonds is 5. The SMILES string of the molecule is Cl.O=C(NCCSc1ccc(Cl)cc1)C1COCCN1. The summed E-state index contributed by atoms with van der Waals surface area (Å²) >= 11 is 7.51. The van der Waals surface area contributed by atoms with E-state index in [1.54, 1.807) is 11.8 Å². The first kappa shape index (κ1) is 17.6. The van der Waals surface area contributed by atoms with E-state index < -0.39 is 0 Å². The molecular formula is C13H18Cl2N2O2S. The summed E-state index contributed by atoms with van der Waals surface area (Å²) < 4.78 is 5.25. The highest BCUT2D eigenvalue weighted by atomic mass is 35.5. The smallest absolute Gasteiger partial charge is 0.239 e. The minimum absolute atomic E-state index is 0. The average Bonchev–Trinajstić information content (AvgIpc) is 2.46. The molecule has 1 aliphatic rings. The topological polar surface area (TPSA) is 50.4 Å². The minimum Gasteiger partial charge on any atom is -0.378 e. The van der Waals surface area contributed by atoms with E-state index in [1.807, 2.05) is 24.3 Å². The number of hydrogen-bond acceptors (Lipinski definition) is 4. The largest absolute Gasteiger partial charge is 0.378 e. The Hall–Kier alpha value is -0.460. The van der Waals surface area contributed by atoms with Crippen LogP contribution in [0.1, 0.15) is 0 Å². The van der Waals surface area contributed by atoms with Gasteiger partial charge in [-0.05, 0) is 24.3 Å². The number of ether oxygens (including phenoxy) is 1. The van der Waals surface area contributed by atoms with E-state index in [-0.39, 0.29) is 24.4 Å². The average molecular weight is 337 g/mol. The molecule has 20 heavy (non-hydrogen) atoms. The van der Waals surface area contributed by atoms with Crippen LogP contribution in [0.5, 0.6) is 0 Å². The zero-order valence-electron chi connectivity index (χ0n) is 10.9. The third kappa shape index (κ3) is 5.89. The van der Waals surface area contributed by atoms with E-state index in [2.05, 4.69) is 10.6 Å². The lowest BCUT2D eigenvalue weighted by Crippen LogP contribution is -2.51. The molecule has 0 aliphatic carbocycles. The monoisotopic (exact) mass is 336 g/mol. The molecule has 1 heterocycles. The second kappa shape index (κ2) is 9.47. The number of thioether (sulfide) groups is 1. The number of amides is 1. The van der Waals surface area contributed by atoms with Gasteiger partial charge >= 0.3 is 0 Å². The van der Waals surface area contributed by atoms with Gasteiger partial charge in [0.25, 0.3) is 0 Å². The van der Waals surface area contributed by atoms with E-state index in [0.717, 1.165) is 22.2 Å². The summed E-state index contributed by atoms with van der Waals surface area (Å²) in [7, 11) is 0. The van der Waals surface area contributed by atoms with Crippen molar-refractivity contribution in [2.24, 2.45) is 0 Å². The Morgan fingerprint density at radius 3 is 2.85 bits per heavy atom. The molecule has 0 spiro atoms. The van der Waals surface area contributed by atoms with E-state index in [1.165, 1.54) is 0 Å². The summed E-state index contributed by atoms with van der Waals surface area (Å²) in [5.41, 5.74) is 0. The highest BCUT2D eigenvalue weighted by molar-refractivity contribution is 7.99. The molecular weight excluding hydrogens is 319 g/mol. The van der Waals surface area contributed by atoms with Crippen LogP contribution >= 0.6 is 35.8 Å². The Kier molecular flexibility index (Phi) is 8.33. The van der Waals surface area contributed by atoms with Crippen molar-refractivity contribution in [1.82, 2.24) is 10.6 Å². The normalized spacial score (nSPS) is 18.1. The van der Waals surface area contributed by atoms with Crippen molar-refractivity contribution in [2.75, 3.05) is 32.1 Å². The van der Waals surface area contributed by atoms with Gasteiger partial charge in [-0.3, -0.25) is 4.79 Å². The quantitative estimate of drug-likeness (QED) is 0.637. The minimum atomic E-state index is -0.214. The zero-order valence-corrected chi connectivity index (χ0v) is 13.3. The van der Waals surface area contributed by atoms with Crippen molar-refractivity contribution in [3.05, 3.63) is 29.3 Å². The van der Waals surface area contributed by atoms with Crippen LogP contribution in [-0.4, -0.2) is 44.0 Å². The molecule has 1 fully saturated rings. The zero-order chi connectivity index (χ0) is 13.5. The molecule has 0 aromatic heterocycles. The van der Waals surface area contributed by atoms with Gasteiger partial charge in [-0.1, -0.05) is 11.6 Å². The maximum Gasteiger partial charge on any atom is 0.239 e. The molecule has 1 aromatic carbocycles. The number of morpholine rings is 1. The number of carbonyl (C=O) groups excluding carboxylic acids is 1. The Morgan fingerprint density at radius 2 is 2.20 bits per heavy atom. The fraction of sp³-hybridized carbons (Fsp3) is 0.462. The van der Waals surface area contributed by atoms with Gasteiger partial charge in [-0.2, -0.15) is 0 Å². The van der Waals surface area contributed by atoms with Crippen molar-refractivity contribution in [2.45, 2.75) is 10.9 Å². The van der Waals surface area contributed by atoms with Gasteiger partial charge < -0.3 is 15.4 Å². The third-order valence-corrected chi connectivity index (χ3v) is 3.99. The van der Waals surface area contributed by atoms with Gasteiger partial charge in [0, 0.05) is 28.8 Å². The Bertz CT molecular complexity index is 411. The number of nitrogens with one attached hydrogen (secondary N) is 2. The lowest BCUT2D eigenvalue weighted by atomic mass is 10.2. The van der Waals surface area contributed by atoms with E-state index in [0.29, 0.717) is 19.8 Å². The maximum atomic E-state index is 11.8. The molecule has 4 nitrogen and oxygen atoms in total. The van der Waals surface area contributed by atoms with Crippen LogP contribution in [0.4, 0.5) is 0 Å². The van der Waals surface area contributed by atoms with Crippen LogP contribution in [0.2, 0.25) is 5.02 Å². The van der Waals surface area contributed by atoms with Gasteiger partial charge in [0.15, 0.2) is 0 Å². The van der Waals surface area contributed by atoms with Crippen LogP contribution in [0, 0.1) is 0 Å². The standard InChI is InChI=1S/C13H17ClN2O2S.ClH/c14-10-1-3-11(4-2-10)19-8-6-16-13(17)12-9-18-7-5-15-12;/h1-4,12,15H,5-9H2,(H,16,17);1H. The Balaban J connectivity index is 0.00000200. The first-order chi connectivity index (χ1) is 9.25. The lowest BCUT2D eigenvalue weighted by molar-refractivity contribution is -0.125. The summed E-state index contributed by atoms with van der Waals surface area (Å²) in [5.74, 6) is 0.845. The molecule has 1 aliphatic heterocycles. The predicted molar refractivity (Wildman–Crippen MR) is 85.0 cm³/mol. The Labute approximate surface area is 134 Å². The molecule has 112 valence electrons. The lowest BCUT2D eigenvalue weighted by Gasteiger charge is -2.22. The third-order valence-electron chi connectivity index (χ3n) is 2.72. The maximum absolute atomic E-state index is 11.8. The number of carbonyl (C=O) groups is 1. The van der Waals surface area contributed by atoms with Crippen LogP contribution in [0.25, 0.3) is 0 Å². The Morgan fingerprint density at radius 1 is 1.45 bits per heavy atom. The molecule has 2 N–H and O–H groups in total. The summed E-state index contributed by atoms with van der Waals surface area (Å²) in [6.45, 7) is 2.51. The molecule has 0 radical (unpaired) electrons. The van der Waals surface area contributed by atoms with Gasteiger partial charge in [0.05, 0.1) is 13.2 Å². The van der Waals surface area contributed by atoms with Crippen molar-refractivity contribution >= 4 is 41.7 Å². The summed E-state index contributed by atoms with van der Waals surface area (Å²) in [6.07, 6.45) is 0. The number of hydrogen-bond donors (Lipinski definition) is 2. The summed E-state index contributed by atoms with van der Waals surface area (Å²) in [5, 5.41) is 6.77. The second-order valence-electron chi connectivity index (χ2n) is 4.18. The molecule has 1 saturated heterocycles. The molecule has 1 unspecified atom stereocenters. The molecule has 1 atom stereocenters. The highest BCUT2D eigenvalue weighted by Gasteiger charge is 2.20. The summed E-state index contributed by atoms with van der Waals surface area (Å²) in [4.78, 5) is 12.9. The van der Waals surface area contributed by atoms with Gasteiger partial charge in [-0.25, -0.2) is 0 Å². The van der Waals surface area contributed by atoms with Crippen molar-refractivity contribution < 1.29 is 9.53 Å². The van der Waals surface area contributed by atoms with Crippen LogP contribution < -0.4 is 10.6 Å². The van der Waals surface area contributed by atoms with Gasteiger partial charge in [0.2, 0.25) is 5.91 Å². The van der Waals surface area contributed by atoms with Crippen molar-refractivity contribution in [3.63, 3.8) is 0 Å². The molecule has 7 heteroatoms. The molecule has 2 rings (SSSR count). The predicted octanol–water partition coefficient (Wildman–Crippen LogP) is 1.96. The molecule has 1 amide bonds. The highest BCUT2D eigenvalue weighted by Crippen LogP contribution is 2.19. The van der Waals surface area contributed by atoms with Crippen LogP contribution in [-0.2, 0) is 9.53 Å². The number of benzene rings is 1. The van der Waals surface area contributed by atoms with Crippen molar-refractivity contribution in [1.29, 1.82) is 0 Å². The first-order valence-corrected chi connectivity index (χ1v) is 7.59.